The summed E-state index contributed by atoms with van der Waals surface area (Å²) in [6, 6.07) is 13.8. The Labute approximate surface area is 182 Å². The number of aliphatic carboxylic acids is 1. The van der Waals surface area contributed by atoms with Gasteiger partial charge in [-0.05, 0) is 36.0 Å². The van der Waals surface area contributed by atoms with Crippen molar-refractivity contribution in [2.45, 2.75) is 12.5 Å². The van der Waals surface area contributed by atoms with E-state index in [9.17, 15) is 15.0 Å². The number of carbonyl (C=O) groups is 1. The van der Waals surface area contributed by atoms with E-state index in [4.69, 9.17) is 17.0 Å². The molecule has 1 aromatic heterocycles. The van der Waals surface area contributed by atoms with Gasteiger partial charge in [0.05, 0.1) is 17.7 Å². The molecule has 0 aliphatic carbocycles. The van der Waals surface area contributed by atoms with E-state index in [2.05, 4.69) is 4.99 Å². The van der Waals surface area contributed by atoms with Gasteiger partial charge in [-0.1, -0.05) is 30.3 Å². The molecule has 0 unspecified atom stereocenters. The summed E-state index contributed by atoms with van der Waals surface area (Å²) in [5.74, 6) is -0.500. The molecule has 0 saturated heterocycles. The van der Waals surface area contributed by atoms with Crippen LogP contribution in [0.1, 0.15) is 22.0 Å². The number of carboxylic acids is 1. The van der Waals surface area contributed by atoms with E-state index >= 15 is 0 Å². The molecular weight excluding hydrogens is 420 g/mol. The number of rotatable bonds is 6. The number of hydrogen-bond acceptors (Lipinski definition) is 6. The molecule has 0 spiro atoms. The molecule has 2 heterocycles. The number of nitrogens with zero attached hydrogens (tertiary/aromatic N) is 2. The van der Waals surface area contributed by atoms with E-state index in [0.29, 0.717) is 14.6 Å². The fraction of sp³-hybridized carbons (Fsp3) is 0.136. The van der Waals surface area contributed by atoms with Crippen LogP contribution in [0.25, 0.3) is 11.6 Å². The molecule has 1 atom stereocenters. The topological polar surface area (TPSA) is 84.1 Å². The number of aromatic nitrogens is 1. The number of fused-ring (bicyclic) bond motifs is 1. The molecule has 2 N–H and O–H groups in total. The molecule has 2 aromatic carbocycles. The molecule has 4 rings (SSSR count). The largest absolute Gasteiger partial charge is 0.497 e. The first kappa shape index (κ1) is 20.1. The summed E-state index contributed by atoms with van der Waals surface area (Å²) in [6.07, 6.45) is 3.69. The summed E-state index contributed by atoms with van der Waals surface area (Å²) in [4.78, 5) is 16.8. The third-order valence-electron chi connectivity index (χ3n) is 4.86. The zero-order valence-electron chi connectivity index (χ0n) is 16.0. The number of ether oxygens (including phenoxy) is 1. The molecule has 0 amide bonds. The zero-order chi connectivity index (χ0) is 21.3. The first-order valence-electron chi connectivity index (χ1n) is 9.13. The molecule has 0 radical (unpaired) electrons. The lowest BCUT2D eigenvalue weighted by molar-refractivity contribution is -0.141. The molecule has 0 fully saturated rings. The highest BCUT2D eigenvalue weighted by Gasteiger charge is 2.26. The second-order valence-corrected chi connectivity index (χ2v) is 8.39. The monoisotopic (exact) mass is 438 g/mol. The number of aliphatic imine (C=N–C) groups is 1. The van der Waals surface area contributed by atoms with E-state index in [-0.39, 0.29) is 12.3 Å². The first-order valence-corrected chi connectivity index (χ1v) is 10.4. The van der Waals surface area contributed by atoms with Gasteiger partial charge in [-0.15, -0.1) is 11.3 Å². The van der Waals surface area contributed by atoms with Gasteiger partial charge in [-0.2, -0.15) is 0 Å². The Morgan fingerprint density at radius 3 is 2.77 bits per heavy atom. The van der Waals surface area contributed by atoms with Crippen LogP contribution in [0.5, 0.6) is 11.6 Å². The quantitative estimate of drug-likeness (QED) is 0.522. The molecule has 1 aliphatic rings. The summed E-state index contributed by atoms with van der Waals surface area (Å²) < 4.78 is 6.83. The van der Waals surface area contributed by atoms with E-state index in [0.717, 1.165) is 22.4 Å². The summed E-state index contributed by atoms with van der Waals surface area (Å²) in [5.41, 5.74) is 3.33. The van der Waals surface area contributed by atoms with Crippen LogP contribution < -0.4 is 4.74 Å². The van der Waals surface area contributed by atoms with Crippen LogP contribution in [0.3, 0.4) is 0 Å². The third kappa shape index (κ3) is 3.79. The number of hydrogen-bond donors (Lipinski definition) is 2. The maximum atomic E-state index is 12.0. The van der Waals surface area contributed by atoms with Gasteiger partial charge in [0.25, 0.3) is 0 Å². The van der Waals surface area contributed by atoms with Crippen molar-refractivity contribution < 1.29 is 19.7 Å². The minimum Gasteiger partial charge on any atom is -0.497 e. The van der Waals surface area contributed by atoms with Crippen molar-refractivity contribution in [3.05, 3.63) is 68.5 Å². The molecule has 152 valence electrons. The van der Waals surface area contributed by atoms with E-state index in [1.807, 2.05) is 48.5 Å². The molecule has 3 aromatic rings. The van der Waals surface area contributed by atoms with Crippen molar-refractivity contribution in [2.24, 2.45) is 4.99 Å². The summed E-state index contributed by atoms with van der Waals surface area (Å²) in [7, 11) is 1.60. The highest BCUT2D eigenvalue weighted by atomic mass is 32.1. The Hall–Kier alpha value is -3.23. The number of benzene rings is 2. The zero-order valence-corrected chi connectivity index (χ0v) is 17.6. The molecule has 0 bridgehead atoms. The number of methoxy groups -OCH3 is 1. The highest BCUT2D eigenvalue weighted by Crippen LogP contribution is 2.38. The lowest BCUT2D eigenvalue weighted by Crippen LogP contribution is -2.21. The van der Waals surface area contributed by atoms with Gasteiger partial charge in [0.15, 0.2) is 3.95 Å². The van der Waals surface area contributed by atoms with Crippen molar-refractivity contribution in [1.82, 2.24) is 4.57 Å². The Balaban J connectivity index is 1.71. The predicted molar refractivity (Wildman–Crippen MR) is 121 cm³/mol. The molecule has 8 heteroatoms. The van der Waals surface area contributed by atoms with Crippen molar-refractivity contribution in [1.29, 1.82) is 0 Å². The average molecular weight is 439 g/mol. The predicted octanol–water partition coefficient (Wildman–Crippen LogP) is 5.12. The van der Waals surface area contributed by atoms with Gasteiger partial charge >= 0.3 is 5.97 Å². The first-order chi connectivity index (χ1) is 14.5. The summed E-state index contributed by atoms with van der Waals surface area (Å²) >= 11 is 6.57. The van der Waals surface area contributed by atoms with E-state index < -0.39 is 12.0 Å². The van der Waals surface area contributed by atoms with Crippen LogP contribution in [0.15, 0.2) is 53.5 Å². The van der Waals surface area contributed by atoms with Gasteiger partial charge in [0.2, 0.25) is 5.88 Å². The molecule has 1 aliphatic heterocycles. The fourth-order valence-electron chi connectivity index (χ4n) is 3.34. The molecular formula is C22H18N2O4S2. The maximum absolute atomic E-state index is 12.0. The van der Waals surface area contributed by atoms with Crippen molar-refractivity contribution in [3.8, 4) is 11.6 Å². The second kappa shape index (κ2) is 8.25. The van der Waals surface area contributed by atoms with Gasteiger partial charge in [0, 0.05) is 29.8 Å². The third-order valence-corrected chi connectivity index (χ3v) is 6.19. The molecule has 0 saturated carbocycles. The SMILES string of the molecule is COc1ccc2c(c1)N=CC2=Cc1sc(=S)n([C@H](Cc2ccccc2)C(=O)O)c1O. The van der Waals surface area contributed by atoms with E-state index in [1.54, 1.807) is 19.4 Å². The standard InChI is InChI=1S/C22H18N2O4S2/c1-28-15-7-8-16-14(12-23-17(16)11-15)10-19-20(25)24(22(29)30-19)18(21(26)27)9-13-5-3-2-4-6-13/h2-8,10-12,18,25H,9H2,1H3,(H,26,27)/t18-/m1/s1. The van der Waals surface area contributed by atoms with Gasteiger partial charge < -0.3 is 14.9 Å². The number of thiazole rings is 1. The van der Waals surface area contributed by atoms with Crippen LogP contribution in [-0.2, 0) is 11.2 Å². The minimum absolute atomic E-state index is 0.156. The van der Waals surface area contributed by atoms with Crippen LogP contribution in [0.2, 0.25) is 0 Å². The Morgan fingerprint density at radius 1 is 1.30 bits per heavy atom. The average Bonchev–Trinajstić information content (AvgIpc) is 3.27. The van der Waals surface area contributed by atoms with Crippen LogP contribution >= 0.6 is 23.6 Å². The molecule has 30 heavy (non-hydrogen) atoms. The number of aromatic hydroxyl groups is 1. The van der Waals surface area contributed by atoms with Crippen LogP contribution in [0, 0.1) is 3.95 Å². The van der Waals surface area contributed by atoms with Gasteiger partial charge in [0.1, 0.15) is 11.8 Å². The van der Waals surface area contributed by atoms with Crippen molar-refractivity contribution in [2.75, 3.05) is 7.11 Å². The Bertz CT molecular complexity index is 1230. The lowest BCUT2D eigenvalue weighted by atomic mass is 10.1. The second-order valence-electron chi connectivity index (χ2n) is 6.71. The van der Waals surface area contributed by atoms with Gasteiger partial charge in [-0.3, -0.25) is 9.56 Å². The minimum atomic E-state index is -1.05. The van der Waals surface area contributed by atoms with Crippen LogP contribution in [0.4, 0.5) is 5.69 Å². The normalized spacial score (nSPS) is 14.6. The van der Waals surface area contributed by atoms with Gasteiger partial charge in [-0.25, -0.2) is 4.79 Å². The fourth-order valence-corrected chi connectivity index (χ4v) is 4.70. The Morgan fingerprint density at radius 2 is 2.07 bits per heavy atom. The smallest absolute Gasteiger partial charge is 0.327 e. The summed E-state index contributed by atoms with van der Waals surface area (Å²) in [6.45, 7) is 0. The maximum Gasteiger partial charge on any atom is 0.327 e. The molecule has 6 nitrogen and oxygen atoms in total. The highest BCUT2D eigenvalue weighted by molar-refractivity contribution is 7.73. The van der Waals surface area contributed by atoms with Crippen molar-refractivity contribution in [3.63, 3.8) is 0 Å². The summed E-state index contributed by atoms with van der Waals surface area (Å²) in [5, 5.41) is 20.6. The lowest BCUT2D eigenvalue weighted by Gasteiger charge is -2.15. The number of carboxylic acid groups (broad SMARTS) is 1. The van der Waals surface area contributed by atoms with E-state index in [1.165, 1.54) is 15.9 Å². The number of allylic oxidation sites excluding steroid dienone is 1. The Kier molecular flexibility index (Phi) is 5.52. The van der Waals surface area contributed by atoms with Crippen LogP contribution in [-0.4, -0.2) is 34.1 Å². The van der Waals surface area contributed by atoms with Crippen molar-refractivity contribution >= 4 is 53.1 Å².